The third-order valence-electron chi connectivity index (χ3n) is 4.59. The van der Waals surface area contributed by atoms with E-state index in [9.17, 15) is 18.0 Å². The molecule has 2 amide bonds. The van der Waals surface area contributed by atoms with Gasteiger partial charge in [-0.05, 0) is 79.1 Å². The molecule has 33 heavy (non-hydrogen) atoms. The quantitative estimate of drug-likeness (QED) is 0.445. The minimum absolute atomic E-state index is 0.0783. The summed E-state index contributed by atoms with van der Waals surface area (Å²) in [4.78, 5) is 23.1. The summed E-state index contributed by atoms with van der Waals surface area (Å²) in [6, 6.07) is 18.0. The van der Waals surface area contributed by atoms with E-state index in [2.05, 4.69) is 10.0 Å². The highest BCUT2D eigenvalue weighted by Crippen LogP contribution is 2.21. The van der Waals surface area contributed by atoms with Gasteiger partial charge in [0.2, 0.25) is 5.91 Å². The summed E-state index contributed by atoms with van der Waals surface area (Å²) < 4.78 is 33.3. The molecule has 0 atom stereocenters. The Morgan fingerprint density at radius 3 is 2.06 bits per heavy atom. The van der Waals surface area contributed by atoms with Gasteiger partial charge in [-0.15, -0.1) is 0 Å². The maximum Gasteiger partial charge on any atom is 0.262 e. The van der Waals surface area contributed by atoms with Crippen molar-refractivity contribution in [3.8, 4) is 5.75 Å². The minimum Gasteiger partial charge on any atom is -0.484 e. The van der Waals surface area contributed by atoms with Crippen molar-refractivity contribution in [1.82, 2.24) is 0 Å². The van der Waals surface area contributed by atoms with Crippen molar-refractivity contribution in [1.29, 1.82) is 0 Å². The lowest BCUT2D eigenvalue weighted by Crippen LogP contribution is -2.20. The van der Waals surface area contributed by atoms with Gasteiger partial charge in [0.1, 0.15) is 5.75 Å². The predicted molar refractivity (Wildman–Crippen MR) is 127 cm³/mol. The second kappa shape index (κ2) is 10.2. The maximum absolute atomic E-state index is 12.6. The molecule has 172 valence electrons. The lowest BCUT2D eigenvalue weighted by Gasteiger charge is -2.11. The van der Waals surface area contributed by atoms with E-state index in [0.29, 0.717) is 17.1 Å². The van der Waals surface area contributed by atoms with Crippen LogP contribution in [0, 0.1) is 13.8 Å². The Balaban J connectivity index is 1.55. The fourth-order valence-electron chi connectivity index (χ4n) is 3.22. The molecule has 8 nitrogen and oxygen atoms in total. The number of ether oxygens (including phenoxy) is 1. The number of hydrogen-bond acceptors (Lipinski definition) is 5. The Kier molecular flexibility index (Phi) is 7.34. The number of carbonyl (C=O) groups excluding carboxylic acids is 2. The standard InChI is InChI=1S/C24H25N3O5S/c1-16-11-17(2)13-20(12-16)27-33(30,31)22-9-7-21(8-10-22)32-15-24(29)26-19-5-3-18(4-6-19)14-23(25)28/h3-13,27H,14-15H2,1-2H3,(H2,25,28)(H,26,29). The molecule has 0 radical (unpaired) electrons. The normalized spacial score (nSPS) is 11.0. The lowest BCUT2D eigenvalue weighted by atomic mass is 10.1. The number of nitrogens with two attached hydrogens (primary N) is 1. The molecule has 0 saturated heterocycles. The number of rotatable bonds is 9. The van der Waals surface area contributed by atoms with Gasteiger partial charge in [-0.1, -0.05) is 18.2 Å². The van der Waals surface area contributed by atoms with Crippen LogP contribution in [0.25, 0.3) is 0 Å². The summed E-state index contributed by atoms with van der Waals surface area (Å²) in [6.45, 7) is 3.54. The minimum atomic E-state index is -3.76. The first-order chi connectivity index (χ1) is 15.6. The van der Waals surface area contributed by atoms with E-state index >= 15 is 0 Å². The average Bonchev–Trinajstić information content (AvgIpc) is 2.72. The molecule has 0 aliphatic carbocycles. The molecular weight excluding hydrogens is 442 g/mol. The molecule has 0 aliphatic heterocycles. The largest absolute Gasteiger partial charge is 0.484 e. The van der Waals surface area contributed by atoms with Crippen LogP contribution in [0.3, 0.4) is 0 Å². The van der Waals surface area contributed by atoms with E-state index < -0.39 is 15.9 Å². The van der Waals surface area contributed by atoms with Crippen molar-refractivity contribution in [2.45, 2.75) is 25.2 Å². The first-order valence-electron chi connectivity index (χ1n) is 10.1. The molecule has 4 N–H and O–H groups in total. The molecule has 0 saturated carbocycles. The molecule has 0 aliphatic rings. The Morgan fingerprint density at radius 2 is 1.48 bits per heavy atom. The maximum atomic E-state index is 12.6. The van der Waals surface area contributed by atoms with E-state index in [1.54, 1.807) is 36.4 Å². The second-order valence-electron chi connectivity index (χ2n) is 7.63. The van der Waals surface area contributed by atoms with Crippen LogP contribution in [0.5, 0.6) is 5.75 Å². The van der Waals surface area contributed by atoms with Gasteiger partial charge in [0, 0.05) is 11.4 Å². The average molecular weight is 468 g/mol. The fraction of sp³-hybridized carbons (Fsp3) is 0.167. The van der Waals surface area contributed by atoms with E-state index in [4.69, 9.17) is 10.5 Å². The summed E-state index contributed by atoms with van der Waals surface area (Å²) in [6.07, 6.45) is 0.128. The highest BCUT2D eigenvalue weighted by atomic mass is 32.2. The van der Waals surface area contributed by atoms with Gasteiger partial charge in [-0.3, -0.25) is 14.3 Å². The molecule has 0 heterocycles. The van der Waals surface area contributed by atoms with E-state index in [1.165, 1.54) is 24.3 Å². The zero-order valence-corrected chi connectivity index (χ0v) is 19.1. The summed E-state index contributed by atoms with van der Waals surface area (Å²) in [5, 5.41) is 2.68. The summed E-state index contributed by atoms with van der Waals surface area (Å²) in [5.41, 5.74) is 8.86. The van der Waals surface area contributed by atoms with Gasteiger partial charge < -0.3 is 15.8 Å². The molecule has 0 bridgehead atoms. The van der Waals surface area contributed by atoms with Gasteiger partial charge in [-0.25, -0.2) is 8.42 Å². The Hall–Kier alpha value is -3.85. The Morgan fingerprint density at radius 1 is 0.879 bits per heavy atom. The molecule has 3 aromatic carbocycles. The van der Waals surface area contributed by atoms with E-state index in [0.717, 1.165) is 16.7 Å². The lowest BCUT2D eigenvalue weighted by molar-refractivity contribution is -0.118. The highest BCUT2D eigenvalue weighted by molar-refractivity contribution is 7.92. The zero-order chi connectivity index (χ0) is 24.0. The second-order valence-corrected chi connectivity index (χ2v) is 9.31. The molecule has 0 unspecified atom stereocenters. The molecule has 9 heteroatoms. The van der Waals surface area contributed by atoms with Gasteiger partial charge in [0.25, 0.3) is 15.9 Å². The monoisotopic (exact) mass is 467 g/mol. The number of hydrogen-bond donors (Lipinski definition) is 3. The van der Waals surface area contributed by atoms with Gasteiger partial charge in [0.05, 0.1) is 11.3 Å². The van der Waals surface area contributed by atoms with Gasteiger partial charge in [-0.2, -0.15) is 0 Å². The summed E-state index contributed by atoms with van der Waals surface area (Å²) in [5.74, 6) is -0.460. The van der Waals surface area contributed by atoms with Gasteiger partial charge >= 0.3 is 0 Å². The first-order valence-corrected chi connectivity index (χ1v) is 11.6. The number of primary amides is 1. The number of carbonyl (C=O) groups is 2. The number of benzene rings is 3. The van der Waals surface area contributed by atoms with Crippen molar-refractivity contribution < 1.29 is 22.7 Å². The number of amides is 2. The van der Waals surface area contributed by atoms with Crippen LogP contribution in [-0.4, -0.2) is 26.8 Å². The number of aryl methyl sites for hydroxylation is 2. The van der Waals surface area contributed by atoms with E-state index in [-0.39, 0.29) is 23.8 Å². The topological polar surface area (TPSA) is 128 Å². The fourth-order valence-corrected chi connectivity index (χ4v) is 4.26. The van der Waals surface area contributed by atoms with Crippen LogP contribution in [0.4, 0.5) is 11.4 Å². The third-order valence-corrected chi connectivity index (χ3v) is 5.99. The Labute approximate surface area is 192 Å². The summed E-state index contributed by atoms with van der Waals surface area (Å²) in [7, 11) is -3.76. The van der Waals surface area contributed by atoms with Crippen LogP contribution in [0.15, 0.2) is 71.6 Å². The number of anilines is 2. The predicted octanol–water partition coefficient (Wildman–Crippen LogP) is 3.15. The van der Waals surface area contributed by atoms with Gasteiger partial charge in [0.15, 0.2) is 6.61 Å². The van der Waals surface area contributed by atoms with E-state index in [1.807, 2.05) is 19.9 Å². The number of nitrogens with one attached hydrogen (secondary N) is 2. The van der Waals surface area contributed by atoms with Crippen LogP contribution >= 0.6 is 0 Å². The van der Waals surface area contributed by atoms with Crippen LogP contribution in [-0.2, 0) is 26.0 Å². The van der Waals surface area contributed by atoms with Crippen molar-refractivity contribution in [3.05, 3.63) is 83.4 Å². The zero-order valence-electron chi connectivity index (χ0n) is 18.3. The van der Waals surface area contributed by atoms with Crippen LogP contribution in [0.2, 0.25) is 0 Å². The Bertz CT molecular complexity index is 1230. The van der Waals surface area contributed by atoms with Crippen molar-refractivity contribution in [2.24, 2.45) is 5.73 Å². The SMILES string of the molecule is Cc1cc(C)cc(NS(=O)(=O)c2ccc(OCC(=O)Nc3ccc(CC(N)=O)cc3)cc2)c1. The summed E-state index contributed by atoms with van der Waals surface area (Å²) >= 11 is 0. The molecule has 0 spiro atoms. The molecular formula is C24H25N3O5S. The highest BCUT2D eigenvalue weighted by Gasteiger charge is 2.15. The smallest absolute Gasteiger partial charge is 0.262 e. The number of sulfonamides is 1. The molecule has 3 rings (SSSR count). The third kappa shape index (κ3) is 7.08. The molecule has 0 aromatic heterocycles. The van der Waals surface area contributed by atoms with Crippen LogP contribution in [0.1, 0.15) is 16.7 Å². The van der Waals surface area contributed by atoms with Crippen LogP contribution < -0.4 is 20.5 Å². The van der Waals surface area contributed by atoms with Crippen molar-refractivity contribution in [3.63, 3.8) is 0 Å². The molecule has 3 aromatic rings. The van der Waals surface area contributed by atoms with Crippen molar-refractivity contribution in [2.75, 3.05) is 16.6 Å². The first kappa shape index (κ1) is 23.8. The van der Waals surface area contributed by atoms with Crippen molar-refractivity contribution >= 4 is 33.2 Å². The molecule has 0 fully saturated rings.